The van der Waals surface area contributed by atoms with Crippen molar-refractivity contribution in [1.82, 2.24) is 9.88 Å². The third kappa shape index (κ3) is 4.69. The van der Waals surface area contributed by atoms with Gasteiger partial charge in [-0.3, -0.25) is 4.72 Å². The van der Waals surface area contributed by atoms with E-state index in [4.69, 9.17) is 11.6 Å². The van der Waals surface area contributed by atoms with Gasteiger partial charge in [-0.15, -0.1) is 11.3 Å². The summed E-state index contributed by atoms with van der Waals surface area (Å²) in [4.78, 5) is 5.49. The SMILES string of the molecule is CN(C)[C@@H]1Cc2ccccc2C[C@H]1Nc1cc(F)c(S(=O)(=O)Nc2nccs2)cc1Cl. The Labute approximate surface area is 190 Å². The van der Waals surface area contributed by atoms with Gasteiger partial charge in [0.1, 0.15) is 10.7 Å². The van der Waals surface area contributed by atoms with E-state index in [1.807, 2.05) is 26.2 Å². The van der Waals surface area contributed by atoms with Crippen LogP contribution < -0.4 is 10.0 Å². The van der Waals surface area contributed by atoms with E-state index in [2.05, 4.69) is 32.1 Å². The maximum atomic E-state index is 14.9. The first-order valence-electron chi connectivity index (χ1n) is 9.65. The number of nitrogens with one attached hydrogen (secondary N) is 2. The molecule has 0 unspecified atom stereocenters. The molecule has 2 N–H and O–H groups in total. The van der Waals surface area contributed by atoms with E-state index in [9.17, 15) is 12.8 Å². The molecule has 1 aliphatic rings. The Morgan fingerprint density at radius 3 is 2.55 bits per heavy atom. The van der Waals surface area contributed by atoms with Crippen molar-refractivity contribution in [3.05, 3.63) is 69.9 Å². The highest BCUT2D eigenvalue weighted by Crippen LogP contribution is 2.32. The average molecular weight is 481 g/mol. The number of anilines is 2. The Balaban J connectivity index is 1.61. The predicted molar refractivity (Wildman–Crippen MR) is 123 cm³/mol. The molecular weight excluding hydrogens is 459 g/mol. The fraction of sp³-hybridized carbons (Fsp3) is 0.286. The van der Waals surface area contributed by atoms with Crippen LogP contribution in [0.2, 0.25) is 5.02 Å². The summed E-state index contributed by atoms with van der Waals surface area (Å²) in [5.41, 5.74) is 2.90. The molecule has 0 amide bonds. The van der Waals surface area contributed by atoms with Gasteiger partial charge in [0.15, 0.2) is 5.13 Å². The van der Waals surface area contributed by atoms with E-state index < -0.39 is 20.7 Å². The minimum absolute atomic E-state index is 0.0160. The van der Waals surface area contributed by atoms with E-state index in [0.29, 0.717) is 5.69 Å². The van der Waals surface area contributed by atoms with Gasteiger partial charge in [-0.05, 0) is 50.2 Å². The lowest BCUT2D eigenvalue weighted by Crippen LogP contribution is -2.48. The van der Waals surface area contributed by atoms with Gasteiger partial charge < -0.3 is 10.2 Å². The highest BCUT2D eigenvalue weighted by Gasteiger charge is 2.31. The molecule has 0 fully saturated rings. The van der Waals surface area contributed by atoms with Crippen LogP contribution in [0.3, 0.4) is 0 Å². The normalized spacial score (nSPS) is 18.6. The van der Waals surface area contributed by atoms with E-state index in [1.165, 1.54) is 17.3 Å². The topological polar surface area (TPSA) is 74.3 Å². The lowest BCUT2D eigenvalue weighted by atomic mass is 9.84. The van der Waals surface area contributed by atoms with Crippen molar-refractivity contribution in [1.29, 1.82) is 0 Å². The van der Waals surface area contributed by atoms with Crippen LogP contribution in [-0.4, -0.2) is 44.5 Å². The van der Waals surface area contributed by atoms with Crippen molar-refractivity contribution in [2.24, 2.45) is 0 Å². The number of sulfonamides is 1. The Morgan fingerprint density at radius 2 is 1.90 bits per heavy atom. The number of halogens is 2. The summed E-state index contributed by atoms with van der Waals surface area (Å²) in [7, 11) is -0.129. The standard InChI is InChI=1S/C21H22ClFN4O2S2/c1-27(2)19-10-14-6-4-3-5-13(14)9-18(19)25-17-12-16(23)20(11-15(17)22)31(28,29)26-21-24-7-8-30-21/h3-8,11-12,18-19,25H,9-10H2,1-2H3,(H,24,26)/t18-,19-/m1/s1. The van der Waals surface area contributed by atoms with Crippen molar-refractivity contribution >= 4 is 43.8 Å². The number of likely N-dealkylation sites (N-methyl/N-ethyl adjacent to an activating group) is 1. The van der Waals surface area contributed by atoms with Gasteiger partial charge >= 0.3 is 0 Å². The average Bonchev–Trinajstić information content (AvgIpc) is 3.22. The smallest absolute Gasteiger partial charge is 0.266 e. The number of rotatable bonds is 6. The third-order valence-electron chi connectivity index (χ3n) is 5.42. The Bertz CT molecular complexity index is 1190. The fourth-order valence-electron chi connectivity index (χ4n) is 3.87. The number of nitrogens with zero attached hydrogens (tertiary/aromatic N) is 2. The molecule has 0 saturated heterocycles. The van der Waals surface area contributed by atoms with Crippen molar-refractivity contribution in [2.75, 3.05) is 24.1 Å². The number of hydrogen-bond donors (Lipinski definition) is 2. The van der Waals surface area contributed by atoms with Gasteiger partial charge in [0.2, 0.25) is 0 Å². The van der Waals surface area contributed by atoms with Crippen LogP contribution in [0.4, 0.5) is 15.2 Å². The van der Waals surface area contributed by atoms with Gasteiger partial charge in [-0.1, -0.05) is 35.9 Å². The monoisotopic (exact) mass is 480 g/mol. The quantitative estimate of drug-likeness (QED) is 0.552. The largest absolute Gasteiger partial charge is 0.379 e. The molecular formula is C21H22ClFN4O2S2. The Morgan fingerprint density at radius 1 is 1.19 bits per heavy atom. The summed E-state index contributed by atoms with van der Waals surface area (Å²) < 4.78 is 42.3. The molecule has 4 rings (SSSR count). The van der Waals surface area contributed by atoms with Crippen molar-refractivity contribution in [3.8, 4) is 0 Å². The molecule has 0 spiro atoms. The first-order valence-corrected chi connectivity index (χ1v) is 12.4. The van der Waals surface area contributed by atoms with Crippen LogP contribution in [0.1, 0.15) is 11.1 Å². The molecule has 1 aromatic heterocycles. The summed E-state index contributed by atoms with van der Waals surface area (Å²) in [6, 6.07) is 10.7. The second-order valence-corrected chi connectivity index (χ2v) is 10.6. The second-order valence-electron chi connectivity index (χ2n) is 7.66. The molecule has 10 heteroatoms. The molecule has 0 saturated carbocycles. The van der Waals surface area contributed by atoms with Crippen LogP contribution in [0, 0.1) is 5.82 Å². The number of thiazole rings is 1. The van der Waals surface area contributed by atoms with Crippen LogP contribution in [0.25, 0.3) is 0 Å². The van der Waals surface area contributed by atoms with Crippen molar-refractivity contribution in [2.45, 2.75) is 29.8 Å². The summed E-state index contributed by atoms with van der Waals surface area (Å²) in [6.07, 6.45) is 3.07. The molecule has 1 aliphatic carbocycles. The summed E-state index contributed by atoms with van der Waals surface area (Å²) in [5.74, 6) is -0.881. The maximum absolute atomic E-state index is 14.9. The van der Waals surface area contributed by atoms with E-state index in [0.717, 1.165) is 36.3 Å². The van der Waals surface area contributed by atoms with Crippen LogP contribution in [0.5, 0.6) is 0 Å². The molecule has 6 nitrogen and oxygen atoms in total. The van der Waals surface area contributed by atoms with Gasteiger partial charge in [0.25, 0.3) is 10.0 Å². The molecule has 0 bridgehead atoms. The molecule has 0 aliphatic heterocycles. The first kappa shape index (κ1) is 22.0. The molecule has 2 aromatic carbocycles. The van der Waals surface area contributed by atoms with Gasteiger partial charge in [0.05, 0.1) is 10.7 Å². The molecule has 1 heterocycles. The lowest BCUT2D eigenvalue weighted by molar-refractivity contribution is 0.250. The molecule has 164 valence electrons. The van der Waals surface area contributed by atoms with E-state index in [1.54, 1.807) is 5.38 Å². The number of fused-ring (bicyclic) bond motifs is 1. The van der Waals surface area contributed by atoms with Gasteiger partial charge in [-0.25, -0.2) is 17.8 Å². The zero-order valence-electron chi connectivity index (χ0n) is 17.0. The van der Waals surface area contributed by atoms with Gasteiger partial charge in [-0.2, -0.15) is 0 Å². The highest BCUT2D eigenvalue weighted by atomic mass is 35.5. The second kappa shape index (κ2) is 8.74. The van der Waals surface area contributed by atoms with E-state index in [-0.39, 0.29) is 22.2 Å². The zero-order chi connectivity index (χ0) is 22.2. The van der Waals surface area contributed by atoms with Crippen LogP contribution in [-0.2, 0) is 22.9 Å². The highest BCUT2D eigenvalue weighted by molar-refractivity contribution is 7.93. The molecule has 2 atom stereocenters. The zero-order valence-corrected chi connectivity index (χ0v) is 19.4. The minimum Gasteiger partial charge on any atom is -0.379 e. The summed E-state index contributed by atoms with van der Waals surface area (Å²) >= 11 is 7.49. The van der Waals surface area contributed by atoms with Gasteiger partial charge in [0, 0.05) is 23.7 Å². The van der Waals surface area contributed by atoms with Crippen LogP contribution in [0.15, 0.2) is 52.9 Å². The summed E-state index contributed by atoms with van der Waals surface area (Å²) in [5, 5.41) is 5.27. The molecule has 3 aromatic rings. The fourth-order valence-corrected chi connectivity index (χ4v) is 6.03. The number of hydrogen-bond acceptors (Lipinski definition) is 6. The summed E-state index contributed by atoms with van der Waals surface area (Å²) in [6.45, 7) is 0. The lowest BCUT2D eigenvalue weighted by Gasteiger charge is -2.38. The predicted octanol–water partition coefficient (Wildman–Crippen LogP) is 4.25. The van der Waals surface area contributed by atoms with Crippen molar-refractivity contribution in [3.63, 3.8) is 0 Å². The van der Waals surface area contributed by atoms with Crippen LogP contribution >= 0.6 is 22.9 Å². The third-order valence-corrected chi connectivity index (χ3v) is 7.91. The number of aromatic nitrogens is 1. The Kier molecular flexibility index (Phi) is 6.20. The number of benzene rings is 2. The molecule has 31 heavy (non-hydrogen) atoms. The van der Waals surface area contributed by atoms with E-state index >= 15 is 0 Å². The molecule has 0 radical (unpaired) electrons. The maximum Gasteiger partial charge on any atom is 0.266 e. The first-order chi connectivity index (χ1) is 14.7. The van der Waals surface area contributed by atoms with Crippen molar-refractivity contribution < 1.29 is 12.8 Å². The minimum atomic E-state index is -4.15. The Hall–Kier alpha value is -2.20.